The number of nitrogens with zero attached hydrogens (tertiary/aromatic N) is 4. The molecule has 1 aliphatic rings. The van der Waals surface area contributed by atoms with Gasteiger partial charge in [-0.3, -0.25) is 4.79 Å². The van der Waals surface area contributed by atoms with Crippen molar-refractivity contribution in [1.29, 1.82) is 0 Å². The predicted molar refractivity (Wildman–Crippen MR) is 96.1 cm³/mol. The minimum atomic E-state index is -4.53. The number of alkyl halides is 3. The first-order valence-electron chi connectivity index (χ1n) is 8.17. The molecule has 2 aromatic rings. The van der Waals surface area contributed by atoms with Gasteiger partial charge in [0.2, 0.25) is 5.95 Å². The summed E-state index contributed by atoms with van der Waals surface area (Å²) in [6.45, 7) is 3.34. The van der Waals surface area contributed by atoms with E-state index in [2.05, 4.69) is 20.2 Å². The van der Waals surface area contributed by atoms with Crippen LogP contribution in [0, 0.1) is 0 Å². The van der Waals surface area contributed by atoms with E-state index in [0.717, 1.165) is 44.4 Å². The first-order chi connectivity index (χ1) is 12.7. The van der Waals surface area contributed by atoms with Crippen molar-refractivity contribution in [1.82, 2.24) is 14.9 Å². The van der Waals surface area contributed by atoms with Gasteiger partial charge in [0.05, 0.1) is 21.8 Å². The van der Waals surface area contributed by atoms with Crippen molar-refractivity contribution >= 4 is 29.1 Å². The number of hydrogen-bond donors (Lipinski definition) is 1. The van der Waals surface area contributed by atoms with E-state index in [9.17, 15) is 18.0 Å². The topological polar surface area (TPSA) is 61.4 Å². The molecule has 1 aromatic heterocycles. The number of amides is 1. The highest BCUT2D eigenvalue weighted by atomic mass is 35.5. The fourth-order valence-corrected chi connectivity index (χ4v) is 2.76. The Labute approximate surface area is 159 Å². The molecule has 6 nitrogen and oxygen atoms in total. The maximum Gasteiger partial charge on any atom is 0.416 e. The Balaban J connectivity index is 1.71. The number of carbonyl (C=O) groups is 1. The lowest BCUT2D eigenvalue weighted by Crippen LogP contribution is -2.45. The van der Waals surface area contributed by atoms with Crippen LogP contribution in [0.15, 0.2) is 30.6 Å². The van der Waals surface area contributed by atoms with Crippen LogP contribution in [0.25, 0.3) is 0 Å². The Bertz CT molecular complexity index is 820. The molecule has 1 amide bonds. The average Bonchev–Trinajstić information content (AvgIpc) is 2.63. The molecule has 1 aromatic carbocycles. The van der Waals surface area contributed by atoms with Crippen LogP contribution in [0.4, 0.5) is 24.8 Å². The Hall–Kier alpha value is -2.39. The molecule has 27 heavy (non-hydrogen) atoms. The molecule has 0 saturated carbocycles. The Kier molecular flexibility index (Phi) is 5.52. The molecule has 0 radical (unpaired) electrons. The van der Waals surface area contributed by atoms with Crippen molar-refractivity contribution in [3.63, 3.8) is 0 Å². The van der Waals surface area contributed by atoms with Crippen molar-refractivity contribution in [2.45, 2.75) is 6.18 Å². The van der Waals surface area contributed by atoms with Gasteiger partial charge in [-0.05, 0) is 25.2 Å². The third kappa shape index (κ3) is 4.67. The van der Waals surface area contributed by atoms with E-state index in [4.69, 9.17) is 11.6 Å². The van der Waals surface area contributed by atoms with Crippen molar-refractivity contribution in [2.75, 3.05) is 43.4 Å². The second-order valence-electron chi connectivity index (χ2n) is 6.21. The molecule has 144 valence electrons. The van der Waals surface area contributed by atoms with E-state index < -0.39 is 17.6 Å². The second kappa shape index (κ2) is 7.69. The van der Waals surface area contributed by atoms with Gasteiger partial charge in [0, 0.05) is 38.6 Å². The van der Waals surface area contributed by atoms with Gasteiger partial charge in [-0.15, -0.1) is 0 Å². The van der Waals surface area contributed by atoms with Gasteiger partial charge in [0.25, 0.3) is 5.91 Å². The Morgan fingerprint density at radius 3 is 2.37 bits per heavy atom. The fraction of sp³-hybridized carbons (Fsp3) is 0.353. The summed E-state index contributed by atoms with van der Waals surface area (Å²) in [5, 5.41) is 2.38. The highest BCUT2D eigenvalue weighted by molar-refractivity contribution is 6.34. The van der Waals surface area contributed by atoms with E-state index in [0.29, 0.717) is 5.95 Å². The van der Waals surface area contributed by atoms with E-state index in [1.807, 2.05) is 11.9 Å². The van der Waals surface area contributed by atoms with Gasteiger partial charge in [0.1, 0.15) is 0 Å². The molecule has 0 aliphatic carbocycles. The zero-order valence-electron chi connectivity index (χ0n) is 14.4. The zero-order valence-corrected chi connectivity index (χ0v) is 15.2. The molecule has 0 spiro atoms. The van der Waals surface area contributed by atoms with Crippen molar-refractivity contribution in [3.05, 3.63) is 46.7 Å². The summed E-state index contributed by atoms with van der Waals surface area (Å²) >= 11 is 5.89. The number of rotatable bonds is 3. The van der Waals surface area contributed by atoms with Crippen molar-refractivity contribution in [3.8, 4) is 0 Å². The lowest BCUT2D eigenvalue weighted by atomic mass is 10.2. The summed E-state index contributed by atoms with van der Waals surface area (Å²) < 4.78 is 38.5. The van der Waals surface area contributed by atoms with Crippen LogP contribution in [-0.2, 0) is 6.18 Å². The third-order valence-corrected chi connectivity index (χ3v) is 4.56. The van der Waals surface area contributed by atoms with Gasteiger partial charge in [-0.1, -0.05) is 11.6 Å². The molecule has 3 rings (SSSR count). The smallest absolute Gasteiger partial charge is 0.338 e. The minimum Gasteiger partial charge on any atom is -0.338 e. The zero-order chi connectivity index (χ0) is 19.6. The quantitative estimate of drug-likeness (QED) is 0.859. The molecular weight excluding hydrogens is 383 g/mol. The molecule has 1 aliphatic heterocycles. The first-order valence-corrected chi connectivity index (χ1v) is 8.55. The molecular formula is C17H17ClF3N5O. The normalized spacial score (nSPS) is 15.7. The van der Waals surface area contributed by atoms with Crippen LogP contribution < -0.4 is 10.2 Å². The number of anilines is 2. The molecule has 10 heteroatoms. The lowest BCUT2D eigenvalue weighted by Gasteiger charge is -2.32. The number of piperazine rings is 1. The highest BCUT2D eigenvalue weighted by Crippen LogP contribution is 2.34. The van der Waals surface area contributed by atoms with Crippen molar-refractivity contribution < 1.29 is 18.0 Å². The standard InChI is InChI=1S/C17H17ClF3N5O/c1-25-4-6-26(7-5-25)16-22-9-11(10-23-16)15(27)24-14-8-12(17(19,20)21)2-3-13(14)18/h2-3,8-10H,4-7H2,1H3,(H,24,27). The minimum absolute atomic E-state index is 0.00586. The summed E-state index contributed by atoms with van der Waals surface area (Å²) in [6.07, 6.45) is -1.84. The number of halogens is 4. The summed E-state index contributed by atoms with van der Waals surface area (Å²) in [5.74, 6) is -0.127. The average molecular weight is 400 g/mol. The van der Waals surface area contributed by atoms with E-state index in [1.54, 1.807) is 0 Å². The Morgan fingerprint density at radius 2 is 1.78 bits per heavy atom. The van der Waals surface area contributed by atoms with Crippen LogP contribution in [0.2, 0.25) is 5.02 Å². The van der Waals surface area contributed by atoms with Crippen LogP contribution in [-0.4, -0.2) is 54.0 Å². The molecule has 1 fully saturated rings. The number of nitrogens with one attached hydrogen (secondary N) is 1. The van der Waals surface area contributed by atoms with Gasteiger partial charge in [-0.2, -0.15) is 13.2 Å². The lowest BCUT2D eigenvalue weighted by molar-refractivity contribution is -0.137. The van der Waals surface area contributed by atoms with Crippen LogP contribution in [0.5, 0.6) is 0 Å². The van der Waals surface area contributed by atoms with Gasteiger partial charge < -0.3 is 15.1 Å². The monoisotopic (exact) mass is 399 g/mol. The molecule has 1 saturated heterocycles. The van der Waals surface area contributed by atoms with Crippen LogP contribution in [0.3, 0.4) is 0 Å². The molecule has 0 atom stereocenters. The number of aromatic nitrogens is 2. The maximum atomic E-state index is 12.8. The number of benzene rings is 1. The van der Waals surface area contributed by atoms with E-state index >= 15 is 0 Å². The highest BCUT2D eigenvalue weighted by Gasteiger charge is 2.31. The summed E-state index contributed by atoms with van der Waals surface area (Å²) in [7, 11) is 2.03. The molecule has 0 unspecified atom stereocenters. The van der Waals surface area contributed by atoms with Crippen LogP contribution >= 0.6 is 11.6 Å². The summed E-state index contributed by atoms with van der Waals surface area (Å²) in [5.41, 5.74) is -0.898. The maximum absolute atomic E-state index is 12.8. The predicted octanol–water partition coefficient (Wildman–Crippen LogP) is 3.15. The van der Waals surface area contributed by atoms with Crippen LogP contribution in [0.1, 0.15) is 15.9 Å². The first kappa shape index (κ1) is 19.4. The van der Waals surface area contributed by atoms with E-state index in [-0.39, 0.29) is 16.3 Å². The third-order valence-electron chi connectivity index (χ3n) is 4.23. The second-order valence-corrected chi connectivity index (χ2v) is 6.62. The number of carbonyl (C=O) groups excluding carboxylic acids is 1. The number of likely N-dealkylation sites (N-methyl/N-ethyl adjacent to an activating group) is 1. The van der Waals surface area contributed by atoms with Crippen molar-refractivity contribution in [2.24, 2.45) is 0 Å². The molecule has 0 bridgehead atoms. The van der Waals surface area contributed by atoms with Gasteiger partial charge in [0.15, 0.2) is 0 Å². The van der Waals surface area contributed by atoms with Gasteiger partial charge in [-0.25, -0.2) is 9.97 Å². The molecule has 1 N–H and O–H groups in total. The van der Waals surface area contributed by atoms with E-state index in [1.165, 1.54) is 12.4 Å². The fourth-order valence-electron chi connectivity index (χ4n) is 2.60. The van der Waals surface area contributed by atoms with Gasteiger partial charge >= 0.3 is 6.18 Å². The summed E-state index contributed by atoms with van der Waals surface area (Å²) in [4.78, 5) is 24.9. The SMILES string of the molecule is CN1CCN(c2ncc(C(=O)Nc3cc(C(F)(F)F)ccc3Cl)cn2)CC1. The Morgan fingerprint density at radius 1 is 1.15 bits per heavy atom. The largest absolute Gasteiger partial charge is 0.416 e. The summed E-state index contributed by atoms with van der Waals surface area (Å²) in [6, 6.07) is 2.73. The number of hydrogen-bond acceptors (Lipinski definition) is 5. The molecule has 2 heterocycles.